The van der Waals surface area contributed by atoms with Gasteiger partial charge in [-0.3, -0.25) is 0 Å². The van der Waals surface area contributed by atoms with Crippen LogP contribution in [0.25, 0.3) is 32.7 Å². The van der Waals surface area contributed by atoms with E-state index in [4.69, 9.17) is 0 Å². The number of hydrogen-bond acceptors (Lipinski definition) is 0. The molecule has 0 fully saturated rings. The van der Waals surface area contributed by atoms with Crippen molar-refractivity contribution in [3.8, 4) is 11.1 Å². The third-order valence-electron chi connectivity index (χ3n) is 5.96. The predicted octanol–water partition coefficient (Wildman–Crippen LogP) is 9.35. The molecular formula is C32H36SiZr-4. The molecule has 0 saturated heterocycles. The van der Waals surface area contributed by atoms with Crippen LogP contribution in [0, 0.1) is 35.6 Å². The van der Waals surface area contributed by atoms with E-state index in [0.29, 0.717) is 5.92 Å². The van der Waals surface area contributed by atoms with Gasteiger partial charge in [0.15, 0.2) is 0 Å². The van der Waals surface area contributed by atoms with E-state index < -0.39 is 0 Å². The molecule has 0 aromatic heterocycles. The Morgan fingerprint density at radius 3 is 1.94 bits per heavy atom. The van der Waals surface area contributed by atoms with Gasteiger partial charge in [0.05, 0.1) is 0 Å². The maximum absolute atomic E-state index is 3.06. The van der Waals surface area contributed by atoms with E-state index in [1.165, 1.54) is 78.3 Å². The first kappa shape index (κ1) is 30.0. The topological polar surface area (TPSA) is 0 Å². The van der Waals surface area contributed by atoms with Crippen molar-refractivity contribution in [2.24, 2.45) is 0 Å². The summed E-state index contributed by atoms with van der Waals surface area (Å²) in [5.41, 5.74) is 8.18. The second-order valence-corrected chi connectivity index (χ2v) is 8.68. The summed E-state index contributed by atoms with van der Waals surface area (Å²) in [7, 11) is 0. The first-order valence-electron chi connectivity index (χ1n) is 11.1. The van der Waals surface area contributed by atoms with Crippen molar-refractivity contribution in [3.63, 3.8) is 0 Å². The van der Waals surface area contributed by atoms with Gasteiger partial charge in [0, 0.05) is 0 Å². The molecule has 0 aliphatic heterocycles. The van der Waals surface area contributed by atoms with Crippen molar-refractivity contribution in [1.29, 1.82) is 0 Å². The van der Waals surface area contributed by atoms with Gasteiger partial charge in [-0.05, 0) is 25.3 Å². The van der Waals surface area contributed by atoms with Crippen LogP contribution < -0.4 is 0 Å². The first-order valence-corrected chi connectivity index (χ1v) is 15.3. The summed E-state index contributed by atoms with van der Waals surface area (Å²) in [5, 5.41) is 5.50. The monoisotopic (exact) mass is 538 g/mol. The second kappa shape index (κ2) is 13.8. The zero-order valence-corrected chi connectivity index (χ0v) is 25.1. The van der Waals surface area contributed by atoms with Crippen LogP contribution >= 0.6 is 0 Å². The molecular weight excluding hydrogens is 504 g/mol. The predicted molar refractivity (Wildman–Crippen MR) is 151 cm³/mol. The zero-order chi connectivity index (χ0) is 23.3. The van der Waals surface area contributed by atoms with Gasteiger partial charge in [-0.25, -0.2) is 0 Å². The number of hydrogen-bond donors (Lipinski definition) is 0. The first-order chi connectivity index (χ1) is 15.4. The number of aryl methyl sites for hydroxylation is 3. The third-order valence-corrected chi connectivity index (χ3v) is 5.96. The molecule has 5 rings (SSSR count). The molecule has 0 bridgehead atoms. The molecule has 34 heavy (non-hydrogen) atoms. The summed E-state index contributed by atoms with van der Waals surface area (Å²) in [6.07, 6.45) is 0. The van der Waals surface area contributed by atoms with Crippen LogP contribution in [0.15, 0.2) is 84.9 Å². The second-order valence-electron chi connectivity index (χ2n) is 8.68. The molecule has 176 valence electrons. The van der Waals surface area contributed by atoms with Crippen LogP contribution in [0.3, 0.4) is 0 Å². The van der Waals surface area contributed by atoms with Gasteiger partial charge in [-0.2, -0.15) is 12.1 Å². The fraction of sp³-hybridized carbons (Fsp3) is 0.188. The van der Waals surface area contributed by atoms with Crippen molar-refractivity contribution in [2.45, 2.75) is 40.5 Å². The fourth-order valence-electron chi connectivity index (χ4n) is 4.28. The molecule has 0 atom stereocenters. The molecule has 0 unspecified atom stereocenters. The van der Waals surface area contributed by atoms with Crippen LogP contribution in [-0.2, 0) is 23.3 Å². The number of fused-ring (bicyclic) bond motifs is 2. The van der Waals surface area contributed by atoms with Crippen molar-refractivity contribution >= 4 is 28.4 Å². The summed E-state index contributed by atoms with van der Waals surface area (Å²) in [6.45, 7) is 14.1. The summed E-state index contributed by atoms with van der Waals surface area (Å²) < 4.78 is 0. The molecule has 0 nitrogen and oxygen atoms in total. The Hall–Kier alpha value is -2.02. The normalized spacial score (nSPS) is 9.91. The summed E-state index contributed by atoms with van der Waals surface area (Å²) in [4.78, 5) is 0. The molecule has 0 N–H and O–H groups in total. The van der Waals surface area contributed by atoms with E-state index in [1.54, 1.807) is 0 Å². The Kier molecular flexibility index (Phi) is 12.1. The molecule has 0 aliphatic carbocycles. The van der Waals surface area contributed by atoms with Gasteiger partial charge < -0.3 is 14.9 Å². The van der Waals surface area contributed by atoms with Gasteiger partial charge in [0.2, 0.25) is 0 Å². The minimum atomic E-state index is 0. The fourth-order valence-corrected chi connectivity index (χ4v) is 4.28. The van der Waals surface area contributed by atoms with Gasteiger partial charge >= 0.3 is 30.2 Å². The van der Waals surface area contributed by atoms with Crippen LogP contribution in [0.5, 0.6) is 0 Å². The molecule has 0 amide bonds. The molecule has 0 aliphatic rings. The van der Waals surface area contributed by atoms with Gasteiger partial charge in [-0.1, -0.05) is 73.9 Å². The average molecular weight is 540 g/mol. The summed E-state index contributed by atoms with van der Waals surface area (Å²) >= 11 is 1.36. The molecule has 0 saturated carbocycles. The quantitative estimate of drug-likeness (QED) is 0.155. The van der Waals surface area contributed by atoms with Gasteiger partial charge in [-0.15, -0.1) is 69.1 Å². The van der Waals surface area contributed by atoms with Crippen LogP contribution in [-0.4, -0.2) is 6.88 Å². The number of rotatable bonds is 2. The van der Waals surface area contributed by atoms with Crippen molar-refractivity contribution in [2.75, 3.05) is 0 Å². The molecule has 2 radical (unpaired) electrons. The number of benzene rings is 3. The van der Waals surface area contributed by atoms with E-state index in [9.17, 15) is 0 Å². The van der Waals surface area contributed by atoms with Gasteiger partial charge in [0.25, 0.3) is 0 Å². The summed E-state index contributed by atoms with van der Waals surface area (Å²) in [6, 6.07) is 30.7. The van der Waals surface area contributed by atoms with Crippen molar-refractivity contribution in [3.05, 3.63) is 122 Å². The zero-order valence-electron chi connectivity index (χ0n) is 21.7. The van der Waals surface area contributed by atoms with Crippen LogP contribution in [0.4, 0.5) is 0 Å². The van der Waals surface area contributed by atoms with E-state index in [-0.39, 0.29) is 14.9 Å². The minimum absolute atomic E-state index is 0. The Bertz CT molecular complexity index is 1310. The molecule has 5 aromatic rings. The average Bonchev–Trinajstić information content (AvgIpc) is 3.40. The maximum atomic E-state index is 3.06. The van der Waals surface area contributed by atoms with E-state index in [1.807, 2.05) is 0 Å². The Morgan fingerprint density at radius 2 is 1.32 bits per heavy atom. The van der Waals surface area contributed by atoms with Crippen molar-refractivity contribution < 1.29 is 23.3 Å². The van der Waals surface area contributed by atoms with Crippen molar-refractivity contribution in [1.82, 2.24) is 0 Å². The molecule has 5 aromatic carbocycles. The standard InChI is InChI=1S/C17H15.C13H15.2CH3.Si.Zr/c1-12-10-15-9-8-13(2)17(16(15)11-12)14-6-4-3-5-7-14;1-9(2)12-7-11-6-4-5-10(3)13(11)8-12;;;;/h3-11H,1-2H3;4-9H,1-3H3;2*1H3;;/q4*-1;;. The Labute approximate surface area is 224 Å². The third kappa shape index (κ3) is 6.77. The van der Waals surface area contributed by atoms with Gasteiger partial charge in [0.1, 0.15) is 0 Å². The van der Waals surface area contributed by atoms with Crippen LogP contribution in [0.2, 0.25) is 0 Å². The summed E-state index contributed by atoms with van der Waals surface area (Å²) in [5.74, 6) is 0.631. The van der Waals surface area contributed by atoms with E-state index in [0.717, 1.165) is 0 Å². The molecule has 2 heteroatoms. The van der Waals surface area contributed by atoms with E-state index >= 15 is 0 Å². The van der Waals surface area contributed by atoms with E-state index in [2.05, 4.69) is 126 Å². The molecule has 0 spiro atoms. The Morgan fingerprint density at radius 1 is 0.676 bits per heavy atom. The Balaban J connectivity index is 0.000000309. The van der Waals surface area contributed by atoms with Crippen LogP contribution in [0.1, 0.15) is 42.0 Å². The SMILES string of the molecule is Cc1cc2c(-c3ccccc3)c(C)ccc2[cH-]1.Cc1cccc2[cH-]c(C(C)C)cc12.[CH3-].[CH3-].[Si]=[Zr]. The molecule has 0 heterocycles.